The highest BCUT2D eigenvalue weighted by Crippen LogP contribution is 2.31. The van der Waals surface area contributed by atoms with Crippen molar-refractivity contribution < 1.29 is 14.7 Å². The summed E-state index contributed by atoms with van der Waals surface area (Å²) in [5.41, 5.74) is 1.74. The van der Waals surface area contributed by atoms with Crippen molar-refractivity contribution in [2.75, 3.05) is 25.5 Å². The number of nitrogens with one attached hydrogen (secondary N) is 1. The first-order valence-electron chi connectivity index (χ1n) is 6.34. The van der Waals surface area contributed by atoms with Crippen LogP contribution in [0.15, 0.2) is 6.20 Å². The number of anilines is 1. The van der Waals surface area contributed by atoms with E-state index in [0.717, 1.165) is 0 Å². The molecule has 2 aromatic rings. The second kappa shape index (κ2) is 5.39. The Morgan fingerprint density at radius 3 is 2.71 bits per heavy atom. The van der Waals surface area contributed by atoms with Crippen molar-refractivity contribution in [1.82, 2.24) is 20.1 Å². The summed E-state index contributed by atoms with van der Waals surface area (Å²) in [4.78, 5) is 28.8. The van der Waals surface area contributed by atoms with Crippen molar-refractivity contribution in [2.24, 2.45) is 7.05 Å². The minimum atomic E-state index is -1.09. The van der Waals surface area contributed by atoms with Crippen LogP contribution in [0.3, 0.4) is 0 Å². The van der Waals surface area contributed by atoms with E-state index in [-0.39, 0.29) is 18.0 Å². The molecule has 0 radical (unpaired) electrons. The largest absolute Gasteiger partial charge is 0.478 e. The number of aromatic nitrogens is 3. The highest BCUT2D eigenvalue weighted by molar-refractivity contribution is 6.05. The lowest BCUT2D eigenvalue weighted by Crippen LogP contribution is -2.34. The normalized spacial score (nSPS) is 10.7. The molecule has 0 fully saturated rings. The van der Waals surface area contributed by atoms with Crippen LogP contribution >= 0.6 is 0 Å². The standard InChI is InChI=1S/C13H17N5O3/c1-7-10-11(17(3)6-9(19)14-2)8(13(20)21)5-15-12(10)18(4)16-7/h5H,6H2,1-4H3,(H,14,19)(H,20,21). The fraction of sp³-hybridized carbons (Fsp3) is 0.385. The first-order chi connectivity index (χ1) is 9.86. The molecule has 0 saturated heterocycles. The molecule has 2 aromatic heterocycles. The van der Waals surface area contributed by atoms with Crippen molar-refractivity contribution in [1.29, 1.82) is 0 Å². The number of nitrogens with zero attached hydrogens (tertiary/aromatic N) is 4. The Kier molecular flexibility index (Phi) is 3.79. The third-order valence-corrected chi connectivity index (χ3v) is 3.27. The number of hydrogen-bond donors (Lipinski definition) is 2. The molecule has 2 rings (SSSR count). The number of fused-ring (bicyclic) bond motifs is 1. The maximum atomic E-state index is 11.6. The summed E-state index contributed by atoms with van der Waals surface area (Å²) >= 11 is 0. The van der Waals surface area contributed by atoms with Crippen LogP contribution in [0.2, 0.25) is 0 Å². The van der Waals surface area contributed by atoms with Crippen molar-refractivity contribution in [3.63, 3.8) is 0 Å². The van der Waals surface area contributed by atoms with Gasteiger partial charge >= 0.3 is 5.97 Å². The summed E-state index contributed by atoms with van der Waals surface area (Å²) in [5.74, 6) is -1.30. The van der Waals surface area contributed by atoms with E-state index in [1.165, 1.54) is 13.2 Å². The molecule has 0 aromatic carbocycles. The Morgan fingerprint density at radius 2 is 2.14 bits per heavy atom. The van der Waals surface area contributed by atoms with Crippen LogP contribution in [0.5, 0.6) is 0 Å². The predicted octanol–water partition coefficient (Wildman–Crippen LogP) is 0.157. The molecule has 0 saturated carbocycles. The van der Waals surface area contributed by atoms with Crippen LogP contribution in [0, 0.1) is 6.92 Å². The number of likely N-dealkylation sites (N-methyl/N-ethyl adjacent to an activating group) is 2. The molecule has 8 nitrogen and oxygen atoms in total. The highest BCUT2D eigenvalue weighted by atomic mass is 16.4. The van der Waals surface area contributed by atoms with E-state index in [1.807, 2.05) is 0 Å². The van der Waals surface area contributed by atoms with E-state index in [2.05, 4.69) is 15.4 Å². The van der Waals surface area contributed by atoms with Gasteiger partial charge in [0.15, 0.2) is 5.65 Å². The highest BCUT2D eigenvalue weighted by Gasteiger charge is 2.22. The first-order valence-corrected chi connectivity index (χ1v) is 6.34. The van der Waals surface area contributed by atoms with E-state index in [9.17, 15) is 14.7 Å². The lowest BCUT2D eigenvalue weighted by atomic mass is 10.1. The number of rotatable bonds is 4. The van der Waals surface area contributed by atoms with Gasteiger partial charge in [-0.3, -0.25) is 9.48 Å². The Morgan fingerprint density at radius 1 is 1.48 bits per heavy atom. The molecule has 0 bridgehead atoms. The molecule has 1 amide bonds. The number of carbonyl (C=O) groups is 2. The van der Waals surface area contributed by atoms with Gasteiger partial charge < -0.3 is 15.3 Å². The number of carboxylic acids is 1. The summed E-state index contributed by atoms with van der Waals surface area (Å²) < 4.78 is 1.59. The van der Waals surface area contributed by atoms with Gasteiger partial charge in [0.2, 0.25) is 5.91 Å². The number of carbonyl (C=O) groups excluding carboxylic acids is 1. The predicted molar refractivity (Wildman–Crippen MR) is 77.5 cm³/mol. The molecule has 0 spiro atoms. The quantitative estimate of drug-likeness (QED) is 0.832. The number of hydrogen-bond acceptors (Lipinski definition) is 5. The zero-order valence-electron chi connectivity index (χ0n) is 12.3. The maximum absolute atomic E-state index is 11.6. The maximum Gasteiger partial charge on any atom is 0.339 e. The average Bonchev–Trinajstić information content (AvgIpc) is 2.72. The molecule has 0 aliphatic rings. The van der Waals surface area contributed by atoms with Crippen molar-refractivity contribution in [3.05, 3.63) is 17.5 Å². The molecule has 2 heterocycles. The van der Waals surface area contributed by atoms with E-state index in [1.54, 1.807) is 30.6 Å². The molecular formula is C13H17N5O3. The van der Waals surface area contributed by atoms with Crippen LogP contribution < -0.4 is 10.2 Å². The molecule has 0 aliphatic carbocycles. The third kappa shape index (κ3) is 2.51. The number of aromatic carboxylic acids is 1. The summed E-state index contributed by atoms with van der Waals surface area (Å²) in [5, 5.41) is 16.8. The molecule has 8 heteroatoms. The minimum absolute atomic E-state index is 0.0459. The van der Waals surface area contributed by atoms with Gasteiger partial charge in [-0.2, -0.15) is 5.10 Å². The Bertz CT molecular complexity index is 722. The minimum Gasteiger partial charge on any atom is -0.478 e. The summed E-state index contributed by atoms with van der Waals surface area (Å²) in [6, 6.07) is 0. The van der Waals surface area contributed by atoms with Crippen molar-refractivity contribution in [2.45, 2.75) is 6.92 Å². The van der Waals surface area contributed by atoms with Gasteiger partial charge in [0.25, 0.3) is 0 Å². The van der Waals surface area contributed by atoms with Gasteiger partial charge in [0.05, 0.1) is 23.3 Å². The topological polar surface area (TPSA) is 100 Å². The number of carboxylic acid groups (broad SMARTS) is 1. The molecule has 112 valence electrons. The van der Waals surface area contributed by atoms with Crippen LogP contribution in [0.4, 0.5) is 5.69 Å². The summed E-state index contributed by atoms with van der Waals surface area (Å²) in [6.45, 7) is 1.83. The van der Waals surface area contributed by atoms with E-state index >= 15 is 0 Å². The van der Waals surface area contributed by atoms with Crippen LogP contribution in [0.25, 0.3) is 11.0 Å². The second-order valence-electron chi connectivity index (χ2n) is 4.76. The number of aryl methyl sites for hydroxylation is 2. The zero-order valence-corrected chi connectivity index (χ0v) is 12.3. The number of amides is 1. The zero-order chi connectivity index (χ0) is 15.7. The van der Waals surface area contributed by atoms with Crippen molar-refractivity contribution >= 4 is 28.6 Å². The van der Waals surface area contributed by atoms with Crippen LogP contribution in [-0.4, -0.2) is 52.4 Å². The SMILES string of the molecule is CNC(=O)CN(C)c1c(C(=O)O)cnc2c1c(C)nn2C. The lowest BCUT2D eigenvalue weighted by Gasteiger charge is -2.21. The van der Waals surface area contributed by atoms with Crippen molar-refractivity contribution in [3.8, 4) is 0 Å². The Hall–Kier alpha value is -2.64. The molecule has 2 N–H and O–H groups in total. The van der Waals surface area contributed by atoms with Gasteiger partial charge in [0, 0.05) is 27.3 Å². The van der Waals surface area contributed by atoms with E-state index in [4.69, 9.17) is 0 Å². The summed E-state index contributed by atoms with van der Waals surface area (Å²) in [7, 11) is 4.94. The molecular weight excluding hydrogens is 274 g/mol. The van der Waals surface area contributed by atoms with Gasteiger partial charge in [-0.05, 0) is 6.92 Å². The fourth-order valence-electron chi connectivity index (χ4n) is 2.32. The average molecular weight is 291 g/mol. The molecule has 0 unspecified atom stereocenters. The lowest BCUT2D eigenvalue weighted by molar-refractivity contribution is -0.119. The number of pyridine rings is 1. The van der Waals surface area contributed by atoms with Crippen LogP contribution in [-0.2, 0) is 11.8 Å². The second-order valence-corrected chi connectivity index (χ2v) is 4.76. The Labute approximate surface area is 121 Å². The molecule has 0 atom stereocenters. The van der Waals surface area contributed by atoms with Gasteiger partial charge in [-0.15, -0.1) is 0 Å². The van der Waals surface area contributed by atoms with E-state index in [0.29, 0.717) is 22.4 Å². The first kappa shape index (κ1) is 14.8. The summed E-state index contributed by atoms with van der Waals surface area (Å²) in [6.07, 6.45) is 1.29. The smallest absolute Gasteiger partial charge is 0.339 e. The fourth-order valence-corrected chi connectivity index (χ4v) is 2.32. The van der Waals surface area contributed by atoms with Gasteiger partial charge in [-0.1, -0.05) is 0 Å². The van der Waals surface area contributed by atoms with E-state index < -0.39 is 5.97 Å². The van der Waals surface area contributed by atoms with Crippen LogP contribution in [0.1, 0.15) is 16.1 Å². The van der Waals surface area contributed by atoms with Gasteiger partial charge in [0.1, 0.15) is 5.56 Å². The van der Waals surface area contributed by atoms with Gasteiger partial charge in [-0.25, -0.2) is 9.78 Å². The monoisotopic (exact) mass is 291 g/mol. The Balaban J connectivity index is 2.69. The third-order valence-electron chi connectivity index (χ3n) is 3.27. The molecule has 0 aliphatic heterocycles. The molecule has 21 heavy (non-hydrogen) atoms.